The Bertz CT molecular complexity index is 726. The number of halogens is 4. The van der Waals surface area contributed by atoms with E-state index in [-0.39, 0.29) is 37.2 Å². The van der Waals surface area contributed by atoms with Crippen LogP contribution in [0.4, 0.5) is 10.1 Å². The summed E-state index contributed by atoms with van der Waals surface area (Å²) in [6.45, 7) is 6.18. The first-order chi connectivity index (χ1) is 12.5. The van der Waals surface area contributed by atoms with Gasteiger partial charge in [-0.3, -0.25) is 4.90 Å². The largest absolute Gasteiger partial charge is 0.491 e. The lowest BCUT2D eigenvalue weighted by molar-refractivity contribution is 0.0661. The zero-order valence-electron chi connectivity index (χ0n) is 15.7. The Morgan fingerprint density at radius 2 is 1.71 bits per heavy atom. The summed E-state index contributed by atoms with van der Waals surface area (Å²) in [6, 6.07) is 12.0. The summed E-state index contributed by atoms with van der Waals surface area (Å²) >= 11 is 5.94. The minimum atomic E-state index is -0.553. The van der Waals surface area contributed by atoms with Crippen LogP contribution in [0.1, 0.15) is 5.56 Å². The molecule has 0 aromatic heterocycles. The van der Waals surface area contributed by atoms with Gasteiger partial charge in [0.05, 0.1) is 0 Å². The zero-order chi connectivity index (χ0) is 18.5. The van der Waals surface area contributed by atoms with Crippen LogP contribution in [0.3, 0.4) is 0 Å². The SMILES string of the molecule is Cc1cc(Cl)ccc1OCC(O)CN1CCN(c2ccc(F)cc2)CC1.Cl.Cl. The van der Waals surface area contributed by atoms with Crippen molar-refractivity contribution in [3.63, 3.8) is 0 Å². The predicted octanol–water partition coefficient (Wildman–Crippen LogP) is 4.19. The second-order valence-electron chi connectivity index (χ2n) is 6.64. The first-order valence-electron chi connectivity index (χ1n) is 8.81. The fraction of sp³-hybridized carbons (Fsp3) is 0.400. The van der Waals surface area contributed by atoms with Crippen molar-refractivity contribution in [3.8, 4) is 5.75 Å². The van der Waals surface area contributed by atoms with E-state index in [2.05, 4.69) is 9.80 Å². The first kappa shape index (κ1) is 24.8. The van der Waals surface area contributed by atoms with Crippen molar-refractivity contribution in [2.45, 2.75) is 13.0 Å². The molecule has 1 aliphatic heterocycles. The van der Waals surface area contributed by atoms with E-state index in [1.807, 2.05) is 31.2 Å². The van der Waals surface area contributed by atoms with Gasteiger partial charge in [-0.25, -0.2) is 4.39 Å². The zero-order valence-corrected chi connectivity index (χ0v) is 18.1. The molecule has 28 heavy (non-hydrogen) atoms. The standard InChI is InChI=1S/C20H24ClFN2O2.2ClH/c1-15-12-16(21)2-7-20(15)26-14-19(25)13-23-8-10-24(11-9-23)18-5-3-17(22)4-6-18;;/h2-7,12,19,25H,8-11,13-14H2,1H3;2*1H. The molecule has 0 amide bonds. The number of hydrogen-bond donors (Lipinski definition) is 1. The molecule has 2 aromatic carbocycles. The molecule has 1 atom stereocenters. The van der Waals surface area contributed by atoms with Crippen LogP contribution in [0.15, 0.2) is 42.5 Å². The normalized spacial score (nSPS) is 15.4. The summed E-state index contributed by atoms with van der Waals surface area (Å²) in [4.78, 5) is 4.46. The Labute approximate surface area is 183 Å². The fourth-order valence-corrected chi connectivity index (χ4v) is 3.38. The highest BCUT2D eigenvalue weighted by Crippen LogP contribution is 2.22. The van der Waals surface area contributed by atoms with Gasteiger partial charge < -0.3 is 14.7 Å². The average Bonchev–Trinajstić information content (AvgIpc) is 2.62. The van der Waals surface area contributed by atoms with Crippen LogP contribution in [-0.2, 0) is 0 Å². The Morgan fingerprint density at radius 1 is 1.07 bits per heavy atom. The van der Waals surface area contributed by atoms with Crippen molar-refractivity contribution in [3.05, 3.63) is 58.9 Å². The minimum Gasteiger partial charge on any atom is -0.491 e. The lowest BCUT2D eigenvalue weighted by Gasteiger charge is -2.36. The number of rotatable bonds is 6. The summed E-state index contributed by atoms with van der Waals surface area (Å²) in [7, 11) is 0. The molecule has 1 aliphatic rings. The van der Waals surface area contributed by atoms with Gasteiger partial charge in [-0.15, -0.1) is 24.8 Å². The lowest BCUT2D eigenvalue weighted by Crippen LogP contribution is -2.49. The summed E-state index contributed by atoms with van der Waals surface area (Å²) in [5.74, 6) is 0.529. The van der Waals surface area contributed by atoms with E-state index >= 15 is 0 Å². The van der Waals surface area contributed by atoms with Crippen molar-refractivity contribution < 1.29 is 14.2 Å². The van der Waals surface area contributed by atoms with Gasteiger partial charge >= 0.3 is 0 Å². The smallest absolute Gasteiger partial charge is 0.123 e. The van der Waals surface area contributed by atoms with Crippen LogP contribution in [0.5, 0.6) is 5.75 Å². The second-order valence-corrected chi connectivity index (χ2v) is 7.08. The Morgan fingerprint density at radius 3 is 2.32 bits per heavy atom. The van der Waals surface area contributed by atoms with E-state index in [1.54, 1.807) is 6.07 Å². The van der Waals surface area contributed by atoms with Gasteiger partial charge in [-0.2, -0.15) is 0 Å². The van der Waals surface area contributed by atoms with E-state index in [0.717, 1.165) is 43.2 Å². The average molecular weight is 452 g/mol. The van der Waals surface area contributed by atoms with E-state index in [0.29, 0.717) is 11.6 Å². The molecular weight excluding hydrogens is 426 g/mol. The molecule has 0 saturated carbocycles. The molecule has 1 saturated heterocycles. The van der Waals surface area contributed by atoms with E-state index in [9.17, 15) is 9.50 Å². The number of anilines is 1. The van der Waals surface area contributed by atoms with Crippen LogP contribution < -0.4 is 9.64 Å². The predicted molar refractivity (Wildman–Crippen MR) is 117 cm³/mol. The molecule has 2 aromatic rings. The van der Waals surface area contributed by atoms with Crippen molar-refractivity contribution in [1.82, 2.24) is 4.90 Å². The van der Waals surface area contributed by atoms with Gasteiger partial charge in [0.25, 0.3) is 0 Å². The van der Waals surface area contributed by atoms with Gasteiger partial charge in [0.2, 0.25) is 0 Å². The third-order valence-corrected chi connectivity index (χ3v) is 4.84. The maximum absolute atomic E-state index is 13.0. The third kappa shape index (κ3) is 6.98. The van der Waals surface area contributed by atoms with Gasteiger partial charge in [-0.05, 0) is 55.0 Å². The van der Waals surface area contributed by atoms with Crippen LogP contribution in [0.2, 0.25) is 5.02 Å². The topological polar surface area (TPSA) is 35.9 Å². The molecule has 8 heteroatoms. The molecule has 1 N–H and O–H groups in total. The van der Waals surface area contributed by atoms with Crippen LogP contribution >= 0.6 is 36.4 Å². The van der Waals surface area contributed by atoms with Crippen LogP contribution in [-0.4, -0.2) is 55.4 Å². The first-order valence-corrected chi connectivity index (χ1v) is 9.19. The minimum absolute atomic E-state index is 0. The third-order valence-electron chi connectivity index (χ3n) is 4.60. The lowest BCUT2D eigenvalue weighted by atomic mass is 10.2. The summed E-state index contributed by atoms with van der Waals surface area (Å²) in [5.41, 5.74) is 1.99. The van der Waals surface area contributed by atoms with Crippen LogP contribution in [0, 0.1) is 12.7 Å². The number of ether oxygens (including phenoxy) is 1. The highest BCUT2D eigenvalue weighted by molar-refractivity contribution is 6.30. The molecule has 1 fully saturated rings. The van der Waals surface area contributed by atoms with Crippen molar-refractivity contribution in [2.24, 2.45) is 0 Å². The number of benzene rings is 2. The molecule has 0 radical (unpaired) electrons. The fourth-order valence-electron chi connectivity index (χ4n) is 3.15. The highest BCUT2D eigenvalue weighted by Gasteiger charge is 2.20. The molecule has 4 nitrogen and oxygen atoms in total. The number of nitrogens with zero attached hydrogens (tertiary/aromatic N) is 2. The number of β-amino-alcohol motifs (C(OH)–C–C–N with tert-alkyl or cyclic N) is 1. The molecule has 156 valence electrons. The summed E-state index contributed by atoms with van der Waals surface area (Å²) in [5, 5.41) is 10.9. The van der Waals surface area contributed by atoms with Gasteiger partial charge in [0.1, 0.15) is 24.3 Å². The Hall–Kier alpha value is -1.24. The maximum Gasteiger partial charge on any atom is 0.123 e. The summed E-state index contributed by atoms with van der Waals surface area (Å²) in [6.07, 6.45) is -0.553. The second kappa shape index (κ2) is 11.7. The van der Waals surface area contributed by atoms with Gasteiger partial charge in [-0.1, -0.05) is 11.6 Å². The summed E-state index contributed by atoms with van der Waals surface area (Å²) < 4.78 is 18.7. The Balaban J connectivity index is 0.00000196. The van der Waals surface area contributed by atoms with Crippen molar-refractivity contribution in [2.75, 3.05) is 44.2 Å². The molecule has 0 aliphatic carbocycles. The van der Waals surface area contributed by atoms with Gasteiger partial charge in [0, 0.05) is 43.4 Å². The molecule has 0 bridgehead atoms. The van der Waals surface area contributed by atoms with Crippen molar-refractivity contribution >= 4 is 42.1 Å². The highest BCUT2D eigenvalue weighted by atomic mass is 35.5. The van der Waals surface area contributed by atoms with E-state index in [1.165, 1.54) is 12.1 Å². The molecule has 0 spiro atoms. The number of aliphatic hydroxyl groups is 1. The number of hydrogen-bond acceptors (Lipinski definition) is 4. The number of aryl methyl sites for hydroxylation is 1. The number of piperazine rings is 1. The molecule has 1 heterocycles. The van der Waals surface area contributed by atoms with Gasteiger partial charge in [0.15, 0.2) is 0 Å². The van der Waals surface area contributed by atoms with Crippen LogP contribution in [0.25, 0.3) is 0 Å². The number of aliphatic hydroxyl groups excluding tert-OH is 1. The Kier molecular flexibility index (Phi) is 10.4. The van der Waals surface area contributed by atoms with E-state index < -0.39 is 6.10 Å². The van der Waals surface area contributed by atoms with E-state index in [4.69, 9.17) is 16.3 Å². The molecular formula is C20H26Cl3FN2O2. The monoisotopic (exact) mass is 450 g/mol. The molecule has 3 rings (SSSR count). The molecule has 1 unspecified atom stereocenters. The maximum atomic E-state index is 13.0. The van der Waals surface area contributed by atoms with Crippen molar-refractivity contribution in [1.29, 1.82) is 0 Å². The quantitative estimate of drug-likeness (QED) is 0.714.